The van der Waals surface area contributed by atoms with Crippen LogP contribution in [0.15, 0.2) is 36.4 Å². The van der Waals surface area contributed by atoms with Crippen LogP contribution in [-0.4, -0.2) is 52.4 Å². The van der Waals surface area contributed by atoms with Gasteiger partial charge in [0.2, 0.25) is 0 Å². The van der Waals surface area contributed by atoms with E-state index in [1.54, 1.807) is 0 Å². The van der Waals surface area contributed by atoms with Crippen molar-refractivity contribution in [1.29, 1.82) is 0 Å². The fourth-order valence-corrected chi connectivity index (χ4v) is 3.33. The fraction of sp³-hybridized carbons (Fsp3) is 0.400. The maximum absolute atomic E-state index is 12.9. The van der Waals surface area contributed by atoms with Gasteiger partial charge in [0.05, 0.1) is 5.56 Å². The number of aryl methyl sites for hydroxylation is 1. The standard InChI is InChI=1S/C20H25N3O2/c1-15-14-18(16(2)21(15)3)20(25)23-11-7-10-22(12-13-23)19(24)17-8-5-4-6-9-17/h4-6,8-9,14H,7,10-13H2,1-3H3. The summed E-state index contributed by atoms with van der Waals surface area (Å²) in [6, 6.07) is 11.3. The molecule has 25 heavy (non-hydrogen) atoms. The lowest BCUT2D eigenvalue weighted by molar-refractivity contribution is 0.0718. The molecule has 0 atom stereocenters. The smallest absolute Gasteiger partial charge is 0.255 e. The highest BCUT2D eigenvalue weighted by molar-refractivity contribution is 5.96. The Labute approximate surface area is 148 Å². The van der Waals surface area contributed by atoms with Crippen molar-refractivity contribution in [3.8, 4) is 0 Å². The average Bonchev–Trinajstić information content (AvgIpc) is 2.83. The summed E-state index contributed by atoms with van der Waals surface area (Å²) < 4.78 is 2.04. The summed E-state index contributed by atoms with van der Waals surface area (Å²) in [6.07, 6.45) is 0.801. The Morgan fingerprint density at radius 2 is 1.48 bits per heavy atom. The molecule has 5 nitrogen and oxygen atoms in total. The lowest BCUT2D eigenvalue weighted by Gasteiger charge is -2.22. The van der Waals surface area contributed by atoms with E-state index >= 15 is 0 Å². The SMILES string of the molecule is Cc1cc(C(=O)N2CCCN(C(=O)c3ccccc3)CC2)c(C)n1C. The minimum Gasteiger partial charge on any atom is -0.351 e. The van der Waals surface area contributed by atoms with Crippen LogP contribution in [0.1, 0.15) is 38.5 Å². The van der Waals surface area contributed by atoms with Crippen molar-refractivity contribution in [1.82, 2.24) is 14.4 Å². The summed E-state index contributed by atoms with van der Waals surface area (Å²) in [6.45, 7) is 6.50. The Hall–Kier alpha value is -2.56. The molecule has 1 aliphatic rings. The molecule has 0 saturated carbocycles. The monoisotopic (exact) mass is 339 g/mol. The van der Waals surface area contributed by atoms with Gasteiger partial charge in [-0.2, -0.15) is 0 Å². The highest BCUT2D eigenvalue weighted by Crippen LogP contribution is 2.17. The number of hydrogen-bond acceptors (Lipinski definition) is 2. The van der Waals surface area contributed by atoms with Crippen molar-refractivity contribution in [2.45, 2.75) is 20.3 Å². The summed E-state index contributed by atoms with van der Waals surface area (Å²) in [7, 11) is 1.98. The van der Waals surface area contributed by atoms with Gasteiger partial charge in [-0.05, 0) is 38.5 Å². The van der Waals surface area contributed by atoms with Gasteiger partial charge in [0.25, 0.3) is 11.8 Å². The highest BCUT2D eigenvalue weighted by Gasteiger charge is 2.25. The summed E-state index contributed by atoms with van der Waals surface area (Å²) >= 11 is 0. The van der Waals surface area contributed by atoms with Crippen LogP contribution in [0.5, 0.6) is 0 Å². The van der Waals surface area contributed by atoms with Crippen molar-refractivity contribution in [3.63, 3.8) is 0 Å². The van der Waals surface area contributed by atoms with Gasteiger partial charge in [0.15, 0.2) is 0 Å². The van der Waals surface area contributed by atoms with Crippen LogP contribution in [0.25, 0.3) is 0 Å². The maximum Gasteiger partial charge on any atom is 0.255 e. The molecule has 2 amide bonds. The molecule has 0 aliphatic carbocycles. The van der Waals surface area contributed by atoms with E-state index in [1.807, 2.05) is 71.7 Å². The number of carbonyl (C=O) groups excluding carboxylic acids is 2. The van der Waals surface area contributed by atoms with E-state index < -0.39 is 0 Å². The first-order chi connectivity index (χ1) is 12.0. The Kier molecular flexibility index (Phi) is 4.93. The van der Waals surface area contributed by atoms with E-state index in [2.05, 4.69) is 0 Å². The van der Waals surface area contributed by atoms with Crippen LogP contribution < -0.4 is 0 Å². The van der Waals surface area contributed by atoms with Crippen LogP contribution in [0, 0.1) is 13.8 Å². The molecule has 1 fully saturated rings. The van der Waals surface area contributed by atoms with Crippen LogP contribution in [-0.2, 0) is 7.05 Å². The number of nitrogens with zero attached hydrogens (tertiary/aromatic N) is 3. The number of benzene rings is 1. The molecule has 1 aliphatic heterocycles. The number of hydrogen-bond donors (Lipinski definition) is 0. The predicted octanol–water partition coefficient (Wildman–Crippen LogP) is 2.63. The summed E-state index contributed by atoms with van der Waals surface area (Å²) in [4.78, 5) is 29.2. The number of carbonyl (C=O) groups is 2. The van der Waals surface area contributed by atoms with Crippen LogP contribution in [0.2, 0.25) is 0 Å². The van der Waals surface area contributed by atoms with Gasteiger partial charge in [-0.1, -0.05) is 18.2 Å². The minimum absolute atomic E-state index is 0.0432. The molecule has 1 saturated heterocycles. The average molecular weight is 339 g/mol. The van der Waals surface area contributed by atoms with Crippen molar-refractivity contribution in [2.75, 3.05) is 26.2 Å². The number of rotatable bonds is 2. The molecule has 2 heterocycles. The zero-order chi connectivity index (χ0) is 18.0. The molecular formula is C20H25N3O2. The number of amides is 2. The maximum atomic E-state index is 12.9. The van der Waals surface area contributed by atoms with Gasteiger partial charge in [-0.3, -0.25) is 9.59 Å². The lowest BCUT2D eigenvalue weighted by atomic mass is 10.2. The Bertz CT molecular complexity index is 780. The summed E-state index contributed by atoms with van der Waals surface area (Å²) in [5, 5.41) is 0. The second-order valence-corrected chi connectivity index (χ2v) is 6.65. The first-order valence-corrected chi connectivity index (χ1v) is 8.75. The molecule has 0 N–H and O–H groups in total. The normalized spacial score (nSPS) is 15.2. The molecule has 5 heteroatoms. The van der Waals surface area contributed by atoms with E-state index in [0.29, 0.717) is 31.7 Å². The predicted molar refractivity (Wildman–Crippen MR) is 97.8 cm³/mol. The Balaban J connectivity index is 1.70. The van der Waals surface area contributed by atoms with Gasteiger partial charge in [0.1, 0.15) is 0 Å². The molecule has 0 spiro atoms. The Morgan fingerprint density at radius 1 is 0.880 bits per heavy atom. The second-order valence-electron chi connectivity index (χ2n) is 6.65. The van der Waals surface area contributed by atoms with E-state index in [1.165, 1.54) is 0 Å². The molecular weight excluding hydrogens is 314 g/mol. The molecule has 132 valence electrons. The topological polar surface area (TPSA) is 45.6 Å². The van der Waals surface area contributed by atoms with Gasteiger partial charge < -0.3 is 14.4 Å². The summed E-state index contributed by atoms with van der Waals surface area (Å²) in [5.41, 5.74) is 3.54. The van der Waals surface area contributed by atoms with Crippen molar-refractivity contribution >= 4 is 11.8 Å². The molecule has 0 radical (unpaired) electrons. The van der Waals surface area contributed by atoms with Crippen molar-refractivity contribution in [3.05, 3.63) is 58.9 Å². The second kappa shape index (κ2) is 7.13. The fourth-order valence-electron chi connectivity index (χ4n) is 3.33. The minimum atomic E-state index is 0.0432. The number of aromatic nitrogens is 1. The summed E-state index contributed by atoms with van der Waals surface area (Å²) in [5.74, 6) is 0.108. The zero-order valence-corrected chi connectivity index (χ0v) is 15.2. The van der Waals surface area contributed by atoms with Crippen molar-refractivity contribution in [2.24, 2.45) is 7.05 Å². The molecule has 2 aromatic rings. The largest absolute Gasteiger partial charge is 0.351 e. The van der Waals surface area contributed by atoms with E-state index in [4.69, 9.17) is 0 Å². The highest BCUT2D eigenvalue weighted by atomic mass is 16.2. The van der Waals surface area contributed by atoms with Crippen LogP contribution >= 0.6 is 0 Å². The van der Waals surface area contributed by atoms with Gasteiger partial charge >= 0.3 is 0 Å². The lowest BCUT2D eigenvalue weighted by Crippen LogP contribution is -2.37. The molecule has 0 unspecified atom stereocenters. The molecule has 3 rings (SSSR count). The third-order valence-electron chi connectivity index (χ3n) is 5.10. The molecule has 1 aromatic carbocycles. The Morgan fingerprint density at radius 3 is 2.04 bits per heavy atom. The van der Waals surface area contributed by atoms with Crippen LogP contribution in [0.4, 0.5) is 0 Å². The van der Waals surface area contributed by atoms with E-state index in [0.717, 1.165) is 23.4 Å². The van der Waals surface area contributed by atoms with Crippen molar-refractivity contribution < 1.29 is 9.59 Å². The van der Waals surface area contributed by atoms with Crippen LogP contribution in [0.3, 0.4) is 0 Å². The molecule has 1 aromatic heterocycles. The van der Waals surface area contributed by atoms with E-state index in [9.17, 15) is 9.59 Å². The van der Waals surface area contributed by atoms with E-state index in [-0.39, 0.29) is 11.8 Å². The third kappa shape index (κ3) is 3.45. The van der Waals surface area contributed by atoms with Gasteiger partial charge in [0, 0.05) is 50.2 Å². The quantitative estimate of drug-likeness (QED) is 0.844. The zero-order valence-electron chi connectivity index (χ0n) is 15.2. The first-order valence-electron chi connectivity index (χ1n) is 8.75. The molecule has 0 bridgehead atoms. The third-order valence-corrected chi connectivity index (χ3v) is 5.10. The first kappa shape index (κ1) is 17.3. The van der Waals surface area contributed by atoms with Gasteiger partial charge in [-0.25, -0.2) is 0 Å². The van der Waals surface area contributed by atoms with Gasteiger partial charge in [-0.15, -0.1) is 0 Å².